The molecule has 2 nitrogen and oxygen atoms in total. The molecule has 0 radical (unpaired) electrons. The van der Waals surface area contributed by atoms with Crippen LogP contribution < -0.4 is 0 Å². The molecule has 0 saturated heterocycles. The SMILES string of the molecule is CC(C)C1CC1CS(=O)[O-]. The summed E-state index contributed by atoms with van der Waals surface area (Å²) in [6, 6.07) is 0. The van der Waals surface area contributed by atoms with Crippen LogP contribution in [0.15, 0.2) is 0 Å². The minimum atomic E-state index is -1.82. The van der Waals surface area contributed by atoms with Crippen molar-refractivity contribution in [2.45, 2.75) is 20.3 Å². The van der Waals surface area contributed by atoms with Crippen molar-refractivity contribution >= 4 is 11.1 Å². The summed E-state index contributed by atoms with van der Waals surface area (Å²) in [6.45, 7) is 4.30. The smallest absolute Gasteiger partial charge is 0.0133 e. The molecule has 3 unspecified atom stereocenters. The Morgan fingerprint density at radius 2 is 2.30 bits per heavy atom. The molecule has 0 aromatic carbocycles. The monoisotopic (exact) mass is 161 g/mol. The maximum Gasteiger partial charge on any atom is 0.0133 e. The molecule has 0 heterocycles. The minimum Gasteiger partial charge on any atom is -0.772 e. The molecule has 0 aromatic heterocycles. The topological polar surface area (TPSA) is 40.1 Å². The molecule has 1 aliphatic rings. The molecule has 0 N–H and O–H groups in total. The van der Waals surface area contributed by atoms with Gasteiger partial charge in [0.2, 0.25) is 0 Å². The van der Waals surface area contributed by atoms with Crippen LogP contribution in [0.5, 0.6) is 0 Å². The third-order valence-electron chi connectivity index (χ3n) is 2.18. The van der Waals surface area contributed by atoms with Crippen LogP contribution in [0.25, 0.3) is 0 Å². The van der Waals surface area contributed by atoms with Crippen molar-refractivity contribution in [3.05, 3.63) is 0 Å². The van der Waals surface area contributed by atoms with Crippen molar-refractivity contribution in [1.82, 2.24) is 0 Å². The zero-order valence-electron chi connectivity index (χ0n) is 6.37. The van der Waals surface area contributed by atoms with Gasteiger partial charge in [0.05, 0.1) is 0 Å². The Labute approximate surface area is 64.3 Å². The van der Waals surface area contributed by atoms with Crippen LogP contribution in [0.1, 0.15) is 20.3 Å². The van der Waals surface area contributed by atoms with Crippen molar-refractivity contribution < 1.29 is 8.76 Å². The lowest BCUT2D eigenvalue weighted by Crippen LogP contribution is -2.01. The fourth-order valence-electron chi connectivity index (χ4n) is 1.45. The first kappa shape index (κ1) is 8.21. The lowest BCUT2D eigenvalue weighted by molar-refractivity contribution is 0.510. The fourth-order valence-corrected chi connectivity index (χ4v) is 2.19. The van der Waals surface area contributed by atoms with Crippen LogP contribution in [0, 0.1) is 17.8 Å². The number of hydrogen-bond acceptors (Lipinski definition) is 2. The summed E-state index contributed by atoms with van der Waals surface area (Å²) in [7, 11) is 0. The van der Waals surface area contributed by atoms with Gasteiger partial charge in [-0.1, -0.05) is 24.9 Å². The largest absolute Gasteiger partial charge is 0.772 e. The standard InChI is InChI=1S/C7H14O2S/c1-5(2)7-3-6(7)4-10(8)9/h5-7H,3-4H2,1-2H3,(H,8,9)/p-1. The number of hydrogen-bond donors (Lipinski definition) is 0. The maximum absolute atomic E-state index is 10.2. The Hall–Kier alpha value is 0.110. The summed E-state index contributed by atoms with van der Waals surface area (Å²) in [6.07, 6.45) is 1.12. The zero-order valence-corrected chi connectivity index (χ0v) is 7.19. The van der Waals surface area contributed by atoms with E-state index in [1.807, 2.05) is 0 Å². The first-order valence-electron chi connectivity index (χ1n) is 3.67. The highest BCUT2D eigenvalue weighted by atomic mass is 32.2. The summed E-state index contributed by atoms with van der Waals surface area (Å²) in [5.41, 5.74) is 0. The number of rotatable bonds is 3. The molecule has 1 saturated carbocycles. The molecule has 3 atom stereocenters. The van der Waals surface area contributed by atoms with E-state index < -0.39 is 11.1 Å². The minimum absolute atomic E-state index is 0.378. The van der Waals surface area contributed by atoms with E-state index >= 15 is 0 Å². The first-order valence-corrected chi connectivity index (χ1v) is 4.91. The second-order valence-corrected chi connectivity index (χ2v) is 4.31. The van der Waals surface area contributed by atoms with E-state index in [1.165, 1.54) is 0 Å². The molecular formula is C7H13O2S-. The van der Waals surface area contributed by atoms with E-state index in [9.17, 15) is 8.76 Å². The molecule has 1 aliphatic carbocycles. The van der Waals surface area contributed by atoms with Crippen molar-refractivity contribution in [3.63, 3.8) is 0 Å². The maximum atomic E-state index is 10.2. The summed E-state index contributed by atoms with van der Waals surface area (Å²) in [4.78, 5) is 0. The van der Waals surface area contributed by atoms with Crippen molar-refractivity contribution in [1.29, 1.82) is 0 Å². The van der Waals surface area contributed by atoms with Gasteiger partial charge in [-0.25, -0.2) is 0 Å². The average Bonchev–Trinajstić information content (AvgIpc) is 2.43. The van der Waals surface area contributed by atoms with Crippen LogP contribution in [0.3, 0.4) is 0 Å². The lowest BCUT2D eigenvalue weighted by Gasteiger charge is -2.04. The summed E-state index contributed by atoms with van der Waals surface area (Å²) < 4.78 is 20.4. The van der Waals surface area contributed by atoms with Gasteiger partial charge in [0, 0.05) is 5.75 Å². The van der Waals surface area contributed by atoms with E-state index in [1.54, 1.807) is 0 Å². The Balaban J connectivity index is 2.19. The van der Waals surface area contributed by atoms with Gasteiger partial charge in [-0.2, -0.15) is 0 Å². The summed E-state index contributed by atoms with van der Waals surface area (Å²) in [5.74, 6) is 2.19. The van der Waals surface area contributed by atoms with Crippen LogP contribution in [-0.4, -0.2) is 14.5 Å². The highest BCUT2D eigenvalue weighted by Crippen LogP contribution is 2.44. The third-order valence-corrected chi connectivity index (χ3v) is 2.88. The molecule has 10 heavy (non-hydrogen) atoms. The van der Waals surface area contributed by atoms with Gasteiger partial charge in [-0.15, -0.1) is 0 Å². The van der Waals surface area contributed by atoms with Crippen LogP contribution in [0.4, 0.5) is 0 Å². The van der Waals surface area contributed by atoms with Crippen molar-refractivity contribution in [2.24, 2.45) is 17.8 Å². The molecule has 0 bridgehead atoms. The quantitative estimate of drug-likeness (QED) is 0.583. The second-order valence-electron chi connectivity index (χ2n) is 3.37. The van der Waals surface area contributed by atoms with E-state index in [-0.39, 0.29) is 0 Å². The molecule has 60 valence electrons. The van der Waals surface area contributed by atoms with Gasteiger partial charge in [-0.3, -0.25) is 4.21 Å². The van der Waals surface area contributed by atoms with Crippen LogP contribution >= 0.6 is 0 Å². The summed E-state index contributed by atoms with van der Waals surface area (Å²) in [5, 5.41) is 0. The van der Waals surface area contributed by atoms with E-state index in [0.717, 1.165) is 6.42 Å². The predicted molar refractivity (Wildman–Crippen MR) is 40.2 cm³/mol. The van der Waals surface area contributed by atoms with Gasteiger partial charge in [-0.05, 0) is 24.2 Å². The van der Waals surface area contributed by atoms with Gasteiger partial charge >= 0.3 is 0 Å². The van der Waals surface area contributed by atoms with E-state index in [0.29, 0.717) is 23.5 Å². The molecule has 1 rings (SSSR count). The van der Waals surface area contributed by atoms with Crippen molar-refractivity contribution in [2.75, 3.05) is 5.75 Å². The van der Waals surface area contributed by atoms with Gasteiger partial charge < -0.3 is 4.55 Å². The van der Waals surface area contributed by atoms with Crippen LogP contribution in [-0.2, 0) is 11.1 Å². The van der Waals surface area contributed by atoms with Crippen LogP contribution in [0.2, 0.25) is 0 Å². The Morgan fingerprint density at radius 3 is 2.60 bits per heavy atom. The normalized spacial score (nSPS) is 34.4. The molecule has 0 aliphatic heterocycles. The molecule has 3 heteroatoms. The predicted octanol–water partition coefficient (Wildman–Crippen LogP) is 1.16. The van der Waals surface area contributed by atoms with E-state index in [2.05, 4.69) is 13.8 Å². The average molecular weight is 161 g/mol. The van der Waals surface area contributed by atoms with Crippen molar-refractivity contribution in [3.8, 4) is 0 Å². The molecule has 0 aromatic rings. The summed E-state index contributed by atoms with van der Waals surface area (Å²) >= 11 is -1.82. The molecule has 0 spiro atoms. The highest BCUT2D eigenvalue weighted by molar-refractivity contribution is 7.79. The first-order chi connectivity index (χ1) is 4.61. The third kappa shape index (κ3) is 2.06. The van der Waals surface area contributed by atoms with Gasteiger partial charge in [0.25, 0.3) is 0 Å². The lowest BCUT2D eigenvalue weighted by atomic mass is 10.1. The Morgan fingerprint density at radius 1 is 1.70 bits per heavy atom. The molecular weight excluding hydrogens is 148 g/mol. The van der Waals surface area contributed by atoms with Gasteiger partial charge in [0.1, 0.15) is 0 Å². The fraction of sp³-hybridized carbons (Fsp3) is 1.00. The van der Waals surface area contributed by atoms with E-state index in [4.69, 9.17) is 0 Å². The van der Waals surface area contributed by atoms with Gasteiger partial charge in [0.15, 0.2) is 0 Å². The Kier molecular flexibility index (Phi) is 2.47. The molecule has 0 amide bonds. The Bertz CT molecular complexity index is 145. The zero-order chi connectivity index (χ0) is 7.72. The highest BCUT2D eigenvalue weighted by Gasteiger charge is 2.38. The molecule has 1 fully saturated rings. The second kappa shape index (κ2) is 3.01.